The van der Waals surface area contributed by atoms with Crippen molar-refractivity contribution in [3.05, 3.63) is 29.8 Å². The molecule has 8 heteroatoms. The lowest BCUT2D eigenvalue weighted by molar-refractivity contribution is -0.117. The van der Waals surface area contributed by atoms with E-state index < -0.39 is 5.50 Å². The molecule has 1 aliphatic heterocycles. The molecule has 7 nitrogen and oxygen atoms in total. The standard InChI is InChI=1S/C17H25N3O4S/c1-23-12-4-5-13(15(10-12)24-2)14-11-16(22)19-17(25)20(14)8-3-6-18-7-9-21/h4-5,10-11,17-18,21,25H,3,6-9H2,1-2H3,(H,19,22). The van der Waals surface area contributed by atoms with Gasteiger partial charge in [0.1, 0.15) is 17.0 Å². The van der Waals surface area contributed by atoms with Crippen LogP contribution in [0.25, 0.3) is 5.70 Å². The molecule has 0 fully saturated rings. The quantitative estimate of drug-likeness (QED) is 0.379. The van der Waals surface area contributed by atoms with Crippen LogP contribution in [0.1, 0.15) is 12.0 Å². The number of carbonyl (C=O) groups is 1. The SMILES string of the molecule is COc1ccc(C2=CC(=O)NC(S)N2CCCNCCO)c(OC)c1. The summed E-state index contributed by atoms with van der Waals surface area (Å²) in [6.45, 7) is 2.13. The molecular weight excluding hydrogens is 342 g/mol. The fraction of sp³-hybridized carbons (Fsp3) is 0.471. The van der Waals surface area contributed by atoms with Crippen LogP contribution in [0, 0.1) is 0 Å². The van der Waals surface area contributed by atoms with Crippen LogP contribution in [-0.4, -0.2) is 61.9 Å². The molecule has 1 atom stereocenters. The second kappa shape index (κ2) is 9.55. The van der Waals surface area contributed by atoms with Gasteiger partial charge in [-0.05, 0) is 25.1 Å². The van der Waals surface area contributed by atoms with Gasteiger partial charge in [0.25, 0.3) is 0 Å². The Morgan fingerprint density at radius 2 is 2.12 bits per heavy atom. The van der Waals surface area contributed by atoms with Gasteiger partial charge in [-0.3, -0.25) is 4.79 Å². The van der Waals surface area contributed by atoms with E-state index in [0.29, 0.717) is 24.6 Å². The van der Waals surface area contributed by atoms with Crippen LogP contribution < -0.4 is 20.1 Å². The second-order valence-corrected chi connectivity index (χ2v) is 5.99. The highest BCUT2D eigenvalue weighted by Gasteiger charge is 2.27. The molecule has 1 aromatic carbocycles. The van der Waals surface area contributed by atoms with E-state index in [0.717, 1.165) is 24.2 Å². The van der Waals surface area contributed by atoms with E-state index in [2.05, 4.69) is 23.3 Å². The lowest BCUT2D eigenvalue weighted by Crippen LogP contribution is -2.48. The third-order valence-electron chi connectivity index (χ3n) is 3.87. The first-order valence-corrected chi connectivity index (χ1v) is 8.63. The molecule has 2 rings (SSSR count). The summed E-state index contributed by atoms with van der Waals surface area (Å²) >= 11 is 4.50. The van der Waals surface area contributed by atoms with Crippen molar-refractivity contribution in [3.8, 4) is 11.5 Å². The first-order valence-electron chi connectivity index (χ1n) is 8.11. The minimum absolute atomic E-state index is 0.114. The maximum absolute atomic E-state index is 12.0. The Morgan fingerprint density at radius 1 is 1.32 bits per heavy atom. The molecule has 1 unspecified atom stereocenters. The van der Waals surface area contributed by atoms with Crippen molar-refractivity contribution in [2.24, 2.45) is 0 Å². The number of benzene rings is 1. The van der Waals surface area contributed by atoms with E-state index in [4.69, 9.17) is 14.6 Å². The number of thiol groups is 1. The molecule has 1 aromatic rings. The van der Waals surface area contributed by atoms with E-state index >= 15 is 0 Å². The van der Waals surface area contributed by atoms with Crippen molar-refractivity contribution in [3.63, 3.8) is 0 Å². The molecule has 3 N–H and O–H groups in total. The van der Waals surface area contributed by atoms with Crippen molar-refractivity contribution in [2.45, 2.75) is 11.9 Å². The van der Waals surface area contributed by atoms with Gasteiger partial charge < -0.3 is 30.1 Å². The van der Waals surface area contributed by atoms with Crippen molar-refractivity contribution < 1.29 is 19.4 Å². The predicted molar refractivity (Wildman–Crippen MR) is 99.7 cm³/mol. The van der Waals surface area contributed by atoms with Crippen LogP contribution >= 0.6 is 12.6 Å². The molecule has 0 bridgehead atoms. The Morgan fingerprint density at radius 3 is 2.80 bits per heavy atom. The van der Waals surface area contributed by atoms with Gasteiger partial charge in [0.2, 0.25) is 5.91 Å². The summed E-state index contributed by atoms with van der Waals surface area (Å²) in [7, 11) is 3.18. The largest absolute Gasteiger partial charge is 0.497 e. The Labute approximate surface area is 153 Å². The summed E-state index contributed by atoms with van der Waals surface area (Å²) in [5.41, 5.74) is 1.14. The Bertz CT molecular complexity index is 624. The van der Waals surface area contributed by atoms with E-state index in [1.54, 1.807) is 26.4 Å². The topological polar surface area (TPSA) is 83.1 Å². The maximum Gasteiger partial charge on any atom is 0.248 e. The van der Waals surface area contributed by atoms with E-state index in [-0.39, 0.29) is 12.5 Å². The Kier molecular flexibility index (Phi) is 7.42. The first kappa shape index (κ1) is 19.4. The van der Waals surface area contributed by atoms with Gasteiger partial charge in [0.05, 0.1) is 26.5 Å². The summed E-state index contributed by atoms with van der Waals surface area (Å²) in [5, 5.41) is 14.7. The number of amides is 1. The van der Waals surface area contributed by atoms with Gasteiger partial charge in [-0.2, -0.15) is 0 Å². The fourth-order valence-corrected chi connectivity index (χ4v) is 3.02. The molecule has 138 valence electrons. The van der Waals surface area contributed by atoms with E-state index in [9.17, 15) is 4.79 Å². The zero-order valence-corrected chi connectivity index (χ0v) is 15.4. The number of ether oxygens (including phenoxy) is 2. The second-order valence-electron chi connectivity index (χ2n) is 5.50. The molecule has 0 aliphatic carbocycles. The van der Waals surface area contributed by atoms with Crippen LogP contribution in [0.4, 0.5) is 0 Å². The normalized spacial score (nSPS) is 17.1. The third kappa shape index (κ3) is 5.04. The third-order valence-corrected chi connectivity index (χ3v) is 4.28. The summed E-state index contributed by atoms with van der Waals surface area (Å²) in [5.74, 6) is 1.12. The molecule has 1 amide bonds. The predicted octanol–water partition coefficient (Wildman–Crippen LogP) is 0.662. The summed E-state index contributed by atoms with van der Waals surface area (Å²) in [6.07, 6.45) is 2.39. The number of aliphatic hydroxyl groups excluding tert-OH is 1. The number of carbonyl (C=O) groups excluding carboxylic acids is 1. The van der Waals surface area contributed by atoms with Crippen LogP contribution in [0.3, 0.4) is 0 Å². The molecule has 0 saturated carbocycles. The van der Waals surface area contributed by atoms with Crippen molar-refractivity contribution >= 4 is 24.2 Å². The molecule has 25 heavy (non-hydrogen) atoms. The summed E-state index contributed by atoms with van der Waals surface area (Å²) in [4.78, 5) is 14.0. The summed E-state index contributed by atoms with van der Waals surface area (Å²) < 4.78 is 10.7. The van der Waals surface area contributed by atoms with Gasteiger partial charge in [0, 0.05) is 30.8 Å². The lowest BCUT2D eigenvalue weighted by atomic mass is 10.1. The number of aliphatic hydroxyl groups is 1. The van der Waals surface area contributed by atoms with Crippen molar-refractivity contribution in [1.29, 1.82) is 0 Å². The summed E-state index contributed by atoms with van der Waals surface area (Å²) in [6, 6.07) is 5.50. The zero-order valence-electron chi connectivity index (χ0n) is 14.5. The molecule has 0 spiro atoms. The van der Waals surface area contributed by atoms with Crippen molar-refractivity contribution in [2.75, 3.05) is 40.5 Å². The Balaban J connectivity index is 2.23. The number of nitrogens with zero attached hydrogens (tertiary/aromatic N) is 1. The molecule has 0 saturated heterocycles. The number of hydrogen-bond acceptors (Lipinski definition) is 7. The molecule has 1 aliphatic rings. The lowest BCUT2D eigenvalue weighted by Gasteiger charge is -2.36. The average molecular weight is 367 g/mol. The van der Waals surface area contributed by atoms with Crippen LogP contribution in [0.5, 0.6) is 11.5 Å². The number of rotatable bonds is 9. The van der Waals surface area contributed by atoms with E-state index in [1.165, 1.54) is 0 Å². The minimum atomic E-state index is -0.419. The smallest absolute Gasteiger partial charge is 0.248 e. The molecule has 0 radical (unpaired) electrons. The minimum Gasteiger partial charge on any atom is -0.497 e. The molecule has 0 aromatic heterocycles. The van der Waals surface area contributed by atoms with Crippen LogP contribution in [0.2, 0.25) is 0 Å². The Hall–Kier alpha value is -1.90. The van der Waals surface area contributed by atoms with Gasteiger partial charge in [-0.25, -0.2) is 0 Å². The highest BCUT2D eigenvalue weighted by Crippen LogP contribution is 2.34. The van der Waals surface area contributed by atoms with Gasteiger partial charge in [-0.1, -0.05) is 0 Å². The maximum atomic E-state index is 12.0. The highest BCUT2D eigenvalue weighted by atomic mass is 32.1. The van der Waals surface area contributed by atoms with Crippen LogP contribution in [0.15, 0.2) is 24.3 Å². The van der Waals surface area contributed by atoms with Crippen molar-refractivity contribution in [1.82, 2.24) is 15.5 Å². The zero-order chi connectivity index (χ0) is 18.2. The van der Waals surface area contributed by atoms with E-state index in [1.807, 2.05) is 17.0 Å². The fourth-order valence-electron chi connectivity index (χ4n) is 2.65. The molecule has 1 heterocycles. The molecular formula is C17H25N3O4S. The highest BCUT2D eigenvalue weighted by molar-refractivity contribution is 7.80. The monoisotopic (exact) mass is 367 g/mol. The number of hydrogen-bond donors (Lipinski definition) is 4. The van der Waals surface area contributed by atoms with Gasteiger partial charge >= 0.3 is 0 Å². The van der Waals surface area contributed by atoms with Gasteiger partial charge in [-0.15, -0.1) is 12.6 Å². The van der Waals surface area contributed by atoms with Gasteiger partial charge in [0.15, 0.2) is 0 Å². The number of nitrogens with one attached hydrogen (secondary N) is 2. The average Bonchev–Trinajstić information content (AvgIpc) is 2.62. The number of methoxy groups -OCH3 is 2. The van der Waals surface area contributed by atoms with Crippen LogP contribution in [-0.2, 0) is 4.79 Å². The first-order chi connectivity index (χ1) is 12.1.